The van der Waals surface area contributed by atoms with E-state index in [4.69, 9.17) is 10.2 Å². The van der Waals surface area contributed by atoms with Gasteiger partial charge in [-0.15, -0.1) is 0 Å². The molecule has 0 spiro atoms. The van der Waals surface area contributed by atoms with Crippen molar-refractivity contribution in [1.82, 2.24) is 0 Å². The Morgan fingerprint density at radius 2 is 0.452 bits per heavy atom. The third kappa shape index (κ3) is 52.8. The first-order valence-corrected chi connectivity index (χ1v) is 18.0. The molecule has 0 saturated carbocycles. The van der Waals surface area contributed by atoms with Crippen molar-refractivity contribution in [2.75, 3.05) is 0 Å². The fraction of sp³-hybridized carbons (Fsp3) is 0.944. The topological polar surface area (TPSA) is 74.6 Å². The Bertz CT molecular complexity index is 459. The van der Waals surface area contributed by atoms with Gasteiger partial charge in [-0.25, -0.2) is 0 Å². The molecule has 42 heavy (non-hydrogen) atoms. The Morgan fingerprint density at radius 3 is 0.595 bits per heavy atom. The van der Waals surface area contributed by atoms with E-state index in [1.54, 1.807) is 0 Å². The predicted octanol–water partition coefficient (Wildman–Crippen LogP) is 12.7. The normalized spacial score (nSPS) is 10.3. The van der Waals surface area contributed by atoms with Crippen LogP contribution in [-0.4, -0.2) is 22.2 Å². The van der Waals surface area contributed by atoms with Crippen molar-refractivity contribution < 1.29 is 58.8 Å². The van der Waals surface area contributed by atoms with Crippen LogP contribution in [0.25, 0.3) is 0 Å². The zero-order valence-electron chi connectivity index (χ0n) is 28.8. The molecule has 0 aromatic rings. The zero-order valence-corrected chi connectivity index (χ0v) is 34.7. The van der Waals surface area contributed by atoms with Crippen molar-refractivity contribution in [1.29, 1.82) is 0 Å². The molecule has 0 aromatic heterocycles. The van der Waals surface area contributed by atoms with E-state index in [1.165, 1.54) is 167 Å². The molecule has 0 rings (SSSR count). The summed E-state index contributed by atoms with van der Waals surface area (Å²) in [4.78, 5) is 20.7. The van der Waals surface area contributed by atoms with Crippen LogP contribution < -0.4 is 0 Å². The number of hydrogen-bond donors (Lipinski definition) is 2. The third-order valence-electron chi connectivity index (χ3n) is 7.99. The summed E-state index contributed by atoms with van der Waals surface area (Å²) in [5.41, 5.74) is 0. The van der Waals surface area contributed by atoms with Crippen LogP contribution in [0.15, 0.2) is 0 Å². The Balaban J connectivity index is -0.000000328. The average molecular weight is 700 g/mol. The van der Waals surface area contributed by atoms with Crippen LogP contribution >= 0.6 is 0 Å². The van der Waals surface area contributed by atoms with Gasteiger partial charge in [0.2, 0.25) is 0 Å². The van der Waals surface area contributed by atoms with Crippen LogP contribution in [0.5, 0.6) is 0 Å². The molecule has 0 unspecified atom stereocenters. The molecular formula is C36H72O4Zn2+4. The van der Waals surface area contributed by atoms with Gasteiger partial charge in [-0.2, -0.15) is 0 Å². The van der Waals surface area contributed by atoms with E-state index in [0.717, 1.165) is 25.7 Å². The second-order valence-electron chi connectivity index (χ2n) is 12.2. The van der Waals surface area contributed by atoms with Gasteiger partial charge in [0.25, 0.3) is 0 Å². The van der Waals surface area contributed by atoms with Crippen LogP contribution in [0.4, 0.5) is 0 Å². The number of rotatable bonds is 32. The van der Waals surface area contributed by atoms with Crippen LogP contribution in [0.1, 0.15) is 219 Å². The van der Waals surface area contributed by atoms with Crippen molar-refractivity contribution in [3.63, 3.8) is 0 Å². The summed E-state index contributed by atoms with van der Waals surface area (Å²) in [6.45, 7) is 4.54. The fourth-order valence-corrected chi connectivity index (χ4v) is 5.30. The van der Waals surface area contributed by atoms with E-state index in [9.17, 15) is 9.59 Å². The third-order valence-corrected chi connectivity index (χ3v) is 7.99. The molecular weight excluding hydrogens is 627 g/mol. The first kappa shape index (κ1) is 49.1. The smallest absolute Gasteiger partial charge is 0.481 e. The Labute approximate surface area is 288 Å². The molecule has 0 amide bonds. The van der Waals surface area contributed by atoms with Gasteiger partial charge < -0.3 is 10.2 Å². The van der Waals surface area contributed by atoms with E-state index in [2.05, 4.69) is 13.8 Å². The second kappa shape index (κ2) is 45.6. The Kier molecular flexibility index (Phi) is 53.3. The molecule has 0 atom stereocenters. The van der Waals surface area contributed by atoms with Crippen molar-refractivity contribution >= 4 is 11.9 Å². The maximum Gasteiger partial charge on any atom is 2.00 e. The van der Waals surface area contributed by atoms with E-state index >= 15 is 0 Å². The molecule has 0 fully saturated rings. The molecule has 240 valence electrons. The fourth-order valence-electron chi connectivity index (χ4n) is 5.30. The van der Waals surface area contributed by atoms with Crippen molar-refractivity contribution in [3.05, 3.63) is 0 Å². The minimum atomic E-state index is -0.653. The Hall–Kier alpha value is 0.187. The van der Waals surface area contributed by atoms with Crippen molar-refractivity contribution in [3.8, 4) is 0 Å². The van der Waals surface area contributed by atoms with E-state index < -0.39 is 11.9 Å². The summed E-state index contributed by atoms with van der Waals surface area (Å²) < 4.78 is 0. The van der Waals surface area contributed by atoms with Gasteiger partial charge in [0.1, 0.15) is 0 Å². The SMILES string of the molecule is CCCCCCCCCCCCCCCCCC(=O)O.CCCCCCCCCCCCCCCCCC(=O)O.[Zn+2].[Zn+2]. The quantitative estimate of drug-likeness (QED) is 0.0541. The molecule has 0 aliphatic heterocycles. The maximum absolute atomic E-state index is 10.3. The zero-order chi connectivity index (χ0) is 29.8. The number of carbonyl (C=O) groups is 2. The molecule has 0 bridgehead atoms. The van der Waals surface area contributed by atoms with Gasteiger partial charge in [-0.05, 0) is 12.8 Å². The summed E-state index contributed by atoms with van der Waals surface area (Å²) in [7, 11) is 0. The molecule has 0 saturated heterocycles. The van der Waals surface area contributed by atoms with Crippen LogP contribution in [-0.2, 0) is 48.5 Å². The van der Waals surface area contributed by atoms with E-state index in [0.29, 0.717) is 12.8 Å². The van der Waals surface area contributed by atoms with Crippen LogP contribution in [0, 0.1) is 0 Å². The van der Waals surface area contributed by atoms with Gasteiger partial charge in [0, 0.05) is 12.8 Å². The van der Waals surface area contributed by atoms with Gasteiger partial charge in [-0.1, -0.05) is 194 Å². The van der Waals surface area contributed by atoms with Gasteiger partial charge in [-0.3, -0.25) is 9.59 Å². The number of hydrogen-bond acceptors (Lipinski definition) is 2. The van der Waals surface area contributed by atoms with Crippen LogP contribution in [0.3, 0.4) is 0 Å². The minimum Gasteiger partial charge on any atom is -0.481 e. The van der Waals surface area contributed by atoms with Crippen molar-refractivity contribution in [2.45, 2.75) is 219 Å². The van der Waals surface area contributed by atoms with E-state index in [1.807, 2.05) is 0 Å². The molecule has 2 N–H and O–H groups in total. The summed E-state index contributed by atoms with van der Waals surface area (Å²) >= 11 is 0. The number of unbranched alkanes of at least 4 members (excludes halogenated alkanes) is 28. The molecule has 0 aromatic carbocycles. The average Bonchev–Trinajstić information content (AvgIpc) is 2.93. The molecule has 0 aliphatic carbocycles. The first-order chi connectivity index (χ1) is 19.5. The summed E-state index contributed by atoms with van der Waals surface area (Å²) in [5, 5.41) is 17.0. The number of carboxylic acids is 2. The first-order valence-electron chi connectivity index (χ1n) is 18.0. The summed E-state index contributed by atoms with van der Waals surface area (Å²) in [6.07, 6.45) is 40.4. The second-order valence-corrected chi connectivity index (χ2v) is 12.2. The summed E-state index contributed by atoms with van der Waals surface area (Å²) in [6, 6.07) is 0. The maximum atomic E-state index is 10.3. The molecule has 6 heteroatoms. The van der Waals surface area contributed by atoms with E-state index in [-0.39, 0.29) is 39.0 Å². The molecule has 0 heterocycles. The monoisotopic (exact) mass is 696 g/mol. The van der Waals surface area contributed by atoms with Gasteiger partial charge in [0.05, 0.1) is 0 Å². The Morgan fingerprint density at radius 1 is 0.310 bits per heavy atom. The molecule has 0 radical (unpaired) electrons. The number of aliphatic carboxylic acids is 2. The minimum absolute atomic E-state index is 0. The van der Waals surface area contributed by atoms with Crippen LogP contribution in [0.2, 0.25) is 0 Å². The standard InChI is InChI=1S/2C18H36O2.2Zn/c2*1-2-3-4-5-6-7-8-9-10-11-12-13-14-15-16-17-18(19)20;;/h2*2-17H2,1H3,(H,19,20);;/q;;2*+2. The predicted molar refractivity (Wildman–Crippen MR) is 174 cm³/mol. The molecule has 4 nitrogen and oxygen atoms in total. The summed E-state index contributed by atoms with van der Waals surface area (Å²) in [5.74, 6) is -1.31. The van der Waals surface area contributed by atoms with Gasteiger partial charge >= 0.3 is 50.9 Å². The number of carboxylic acid groups (broad SMARTS) is 2. The molecule has 0 aliphatic rings. The largest absolute Gasteiger partial charge is 2.00 e. The van der Waals surface area contributed by atoms with Gasteiger partial charge in [0.15, 0.2) is 0 Å². The van der Waals surface area contributed by atoms with Crippen molar-refractivity contribution in [2.24, 2.45) is 0 Å².